The first-order valence-corrected chi connectivity index (χ1v) is 6.98. The fourth-order valence-electron chi connectivity index (χ4n) is 1.42. The van der Waals surface area contributed by atoms with Crippen LogP contribution < -0.4 is 10.6 Å². The Kier molecular flexibility index (Phi) is 7.18. The molecule has 0 saturated heterocycles. The Balaban J connectivity index is 2.23. The van der Waals surface area contributed by atoms with Crippen LogP contribution in [0.3, 0.4) is 0 Å². The van der Waals surface area contributed by atoms with E-state index in [1.165, 1.54) is 0 Å². The Morgan fingerprint density at radius 3 is 2.67 bits per heavy atom. The van der Waals surface area contributed by atoms with E-state index in [-0.39, 0.29) is 6.03 Å². The molecule has 0 spiro atoms. The molecular weight excluding hydrogens is 292 g/mol. The van der Waals surface area contributed by atoms with Crippen LogP contribution in [-0.4, -0.2) is 12.6 Å². The van der Waals surface area contributed by atoms with Crippen LogP contribution in [0.2, 0.25) is 0 Å². The lowest BCUT2D eigenvalue weighted by molar-refractivity contribution is 0.244. The van der Waals surface area contributed by atoms with Crippen LogP contribution in [0.4, 0.5) is 4.79 Å². The first kappa shape index (κ1) is 14.8. The fraction of sp³-hybridized carbons (Fsp3) is 0.357. The molecule has 0 aliphatic heterocycles. The number of unbranched alkanes of at least 4 members (excludes halogenated alkanes) is 2. The monoisotopic (exact) mass is 310 g/mol. The van der Waals surface area contributed by atoms with E-state index >= 15 is 0 Å². The SMILES string of the molecule is CCCCCNC(=O)N/C=C/c1ccc(Br)cc1. The molecule has 1 aromatic rings. The van der Waals surface area contributed by atoms with Crippen molar-refractivity contribution in [1.29, 1.82) is 0 Å². The molecule has 0 heterocycles. The summed E-state index contributed by atoms with van der Waals surface area (Å²) in [6.07, 6.45) is 6.85. The standard InChI is InChI=1S/C14H19BrN2O/c1-2-3-4-10-16-14(18)17-11-9-12-5-7-13(15)8-6-12/h5-9,11H,2-4,10H2,1H3,(H2,16,17,18)/b11-9+. The van der Waals surface area contributed by atoms with Gasteiger partial charge in [0.05, 0.1) is 0 Å². The van der Waals surface area contributed by atoms with E-state index in [0.29, 0.717) is 0 Å². The van der Waals surface area contributed by atoms with E-state index in [0.717, 1.165) is 35.8 Å². The molecule has 0 aromatic heterocycles. The zero-order valence-corrected chi connectivity index (χ0v) is 12.2. The van der Waals surface area contributed by atoms with Crippen molar-refractivity contribution in [3.63, 3.8) is 0 Å². The Morgan fingerprint density at radius 1 is 1.28 bits per heavy atom. The Bertz CT molecular complexity index is 387. The number of hydrogen-bond acceptors (Lipinski definition) is 1. The predicted molar refractivity (Wildman–Crippen MR) is 79.2 cm³/mol. The summed E-state index contributed by atoms with van der Waals surface area (Å²) < 4.78 is 1.04. The summed E-state index contributed by atoms with van der Waals surface area (Å²) in [7, 11) is 0. The number of benzene rings is 1. The number of urea groups is 1. The smallest absolute Gasteiger partial charge is 0.318 e. The molecule has 0 aliphatic carbocycles. The van der Waals surface area contributed by atoms with Gasteiger partial charge in [0.25, 0.3) is 0 Å². The molecule has 4 heteroatoms. The average Bonchev–Trinajstić information content (AvgIpc) is 2.37. The van der Waals surface area contributed by atoms with Crippen LogP contribution >= 0.6 is 15.9 Å². The highest BCUT2D eigenvalue weighted by molar-refractivity contribution is 9.10. The molecule has 98 valence electrons. The lowest BCUT2D eigenvalue weighted by Crippen LogP contribution is -2.32. The molecule has 2 amide bonds. The Labute approximate surface area is 117 Å². The minimum absolute atomic E-state index is 0.153. The molecule has 0 fully saturated rings. The van der Waals surface area contributed by atoms with Crippen molar-refractivity contribution in [3.05, 3.63) is 40.5 Å². The quantitative estimate of drug-likeness (QED) is 0.768. The second kappa shape index (κ2) is 8.75. The first-order chi connectivity index (χ1) is 8.72. The molecule has 1 aromatic carbocycles. The third-order valence-electron chi connectivity index (χ3n) is 2.43. The van der Waals surface area contributed by atoms with Gasteiger partial charge in [-0.25, -0.2) is 4.79 Å². The predicted octanol–water partition coefficient (Wildman–Crippen LogP) is 3.91. The van der Waals surface area contributed by atoms with Gasteiger partial charge < -0.3 is 10.6 Å². The van der Waals surface area contributed by atoms with Crippen molar-refractivity contribution in [2.75, 3.05) is 6.54 Å². The zero-order chi connectivity index (χ0) is 13.2. The molecule has 0 unspecified atom stereocenters. The van der Waals surface area contributed by atoms with Gasteiger partial charge >= 0.3 is 6.03 Å². The van der Waals surface area contributed by atoms with Crippen LogP contribution in [0.15, 0.2) is 34.9 Å². The zero-order valence-electron chi connectivity index (χ0n) is 10.6. The van der Waals surface area contributed by atoms with E-state index < -0.39 is 0 Å². The topological polar surface area (TPSA) is 41.1 Å². The lowest BCUT2D eigenvalue weighted by Gasteiger charge is -2.03. The van der Waals surface area contributed by atoms with Crippen molar-refractivity contribution >= 4 is 28.0 Å². The van der Waals surface area contributed by atoms with E-state index in [4.69, 9.17) is 0 Å². The van der Waals surface area contributed by atoms with E-state index in [2.05, 4.69) is 33.5 Å². The number of carbonyl (C=O) groups excluding carboxylic acids is 1. The fourth-order valence-corrected chi connectivity index (χ4v) is 1.68. The number of carbonyl (C=O) groups is 1. The van der Waals surface area contributed by atoms with Crippen LogP contribution in [0.1, 0.15) is 31.7 Å². The van der Waals surface area contributed by atoms with E-state index in [1.807, 2.05) is 30.3 Å². The maximum absolute atomic E-state index is 11.4. The van der Waals surface area contributed by atoms with Crippen molar-refractivity contribution < 1.29 is 4.79 Å². The van der Waals surface area contributed by atoms with Crippen LogP contribution in [-0.2, 0) is 0 Å². The summed E-state index contributed by atoms with van der Waals surface area (Å²) in [6.45, 7) is 2.87. The van der Waals surface area contributed by atoms with Gasteiger partial charge in [-0.1, -0.05) is 47.8 Å². The molecule has 0 bridgehead atoms. The minimum Gasteiger partial charge on any atom is -0.338 e. The largest absolute Gasteiger partial charge is 0.338 e. The van der Waals surface area contributed by atoms with Gasteiger partial charge in [-0.15, -0.1) is 0 Å². The van der Waals surface area contributed by atoms with Gasteiger partial charge in [-0.3, -0.25) is 0 Å². The molecule has 0 saturated carbocycles. The number of hydrogen-bond donors (Lipinski definition) is 2. The van der Waals surface area contributed by atoms with Gasteiger partial charge in [-0.05, 0) is 30.2 Å². The summed E-state index contributed by atoms with van der Waals surface area (Å²) in [5, 5.41) is 5.48. The molecule has 3 nitrogen and oxygen atoms in total. The third kappa shape index (κ3) is 6.45. The van der Waals surface area contributed by atoms with Gasteiger partial charge in [0.1, 0.15) is 0 Å². The highest BCUT2D eigenvalue weighted by atomic mass is 79.9. The Hall–Kier alpha value is -1.29. The summed E-state index contributed by atoms with van der Waals surface area (Å²) in [6, 6.07) is 7.72. The van der Waals surface area contributed by atoms with Crippen molar-refractivity contribution in [3.8, 4) is 0 Å². The molecule has 0 atom stereocenters. The van der Waals surface area contributed by atoms with Crippen LogP contribution in [0.5, 0.6) is 0 Å². The number of halogens is 1. The maximum atomic E-state index is 11.4. The normalized spacial score (nSPS) is 10.6. The maximum Gasteiger partial charge on any atom is 0.318 e. The summed E-state index contributed by atoms with van der Waals surface area (Å²) in [5.41, 5.74) is 1.05. The van der Waals surface area contributed by atoms with E-state index in [1.54, 1.807) is 6.20 Å². The summed E-state index contributed by atoms with van der Waals surface area (Å²) in [4.78, 5) is 11.4. The highest BCUT2D eigenvalue weighted by Gasteiger charge is 1.95. The van der Waals surface area contributed by atoms with Crippen molar-refractivity contribution in [1.82, 2.24) is 10.6 Å². The van der Waals surface area contributed by atoms with Gasteiger partial charge in [0, 0.05) is 17.2 Å². The molecular formula is C14H19BrN2O. The van der Waals surface area contributed by atoms with Crippen LogP contribution in [0.25, 0.3) is 6.08 Å². The van der Waals surface area contributed by atoms with Gasteiger partial charge in [-0.2, -0.15) is 0 Å². The summed E-state index contributed by atoms with van der Waals surface area (Å²) in [5.74, 6) is 0. The van der Waals surface area contributed by atoms with Gasteiger partial charge in [0.2, 0.25) is 0 Å². The van der Waals surface area contributed by atoms with Crippen molar-refractivity contribution in [2.24, 2.45) is 0 Å². The molecule has 2 N–H and O–H groups in total. The lowest BCUT2D eigenvalue weighted by atomic mass is 10.2. The molecule has 0 aliphatic rings. The second-order valence-corrected chi connectivity index (χ2v) is 4.91. The van der Waals surface area contributed by atoms with Crippen molar-refractivity contribution in [2.45, 2.75) is 26.2 Å². The summed E-state index contributed by atoms with van der Waals surface area (Å²) >= 11 is 3.37. The number of amides is 2. The van der Waals surface area contributed by atoms with E-state index in [9.17, 15) is 4.79 Å². The number of nitrogens with one attached hydrogen (secondary N) is 2. The molecule has 18 heavy (non-hydrogen) atoms. The Morgan fingerprint density at radius 2 is 2.00 bits per heavy atom. The highest BCUT2D eigenvalue weighted by Crippen LogP contribution is 2.11. The second-order valence-electron chi connectivity index (χ2n) is 3.99. The van der Waals surface area contributed by atoms with Gasteiger partial charge in [0.15, 0.2) is 0 Å². The number of rotatable bonds is 6. The first-order valence-electron chi connectivity index (χ1n) is 6.19. The third-order valence-corrected chi connectivity index (χ3v) is 2.95. The molecule has 1 rings (SSSR count). The minimum atomic E-state index is -0.153. The van der Waals surface area contributed by atoms with Crippen LogP contribution in [0, 0.1) is 0 Å². The average molecular weight is 311 g/mol. The molecule has 0 radical (unpaired) electrons.